The molecular weight excluding hydrogens is 272 g/mol. The molecule has 18 heavy (non-hydrogen) atoms. The van der Waals surface area contributed by atoms with Crippen LogP contribution in [0.2, 0.25) is 5.02 Å². The van der Waals surface area contributed by atoms with Gasteiger partial charge in [-0.05, 0) is 18.6 Å². The lowest BCUT2D eigenvalue weighted by molar-refractivity contribution is 0.262. The second-order valence-electron chi connectivity index (χ2n) is 3.41. The van der Waals surface area contributed by atoms with Gasteiger partial charge >= 0.3 is 6.03 Å². The summed E-state index contributed by atoms with van der Waals surface area (Å²) in [6, 6.07) is 6.63. The zero-order valence-corrected chi connectivity index (χ0v) is 11.2. The molecule has 7 heteroatoms. The SMILES string of the molecule is CCc1nnc(NC(=O)Nc2ccccc2Cl)s1. The lowest BCUT2D eigenvalue weighted by Gasteiger charge is -2.06. The van der Waals surface area contributed by atoms with Crippen LogP contribution in [-0.4, -0.2) is 16.2 Å². The first kappa shape index (κ1) is 12.8. The van der Waals surface area contributed by atoms with E-state index in [4.69, 9.17) is 11.6 Å². The minimum absolute atomic E-state index is 0.387. The number of anilines is 2. The van der Waals surface area contributed by atoms with Gasteiger partial charge in [0.25, 0.3) is 0 Å². The van der Waals surface area contributed by atoms with Crippen molar-refractivity contribution in [2.45, 2.75) is 13.3 Å². The van der Waals surface area contributed by atoms with Gasteiger partial charge in [0.05, 0.1) is 10.7 Å². The van der Waals surface area contributed by atoms with Gasteiger partial charge < -0.3 is 5.32 Å². The zero-order valence-electron chi connectivity index (χ0n) is 9.61. The Labute approximate surface area is 113 Å². The van der Waals surface area contributed by atoms with Gasteiger partial charge in [-0.3, -0.25) is 5.32 Å². The molecule has 5 nitrogen and oxygen atoms in total. The third kappa shape index (κ3) is 3.18. The van der Waals surface area contributed by atoms with E-state index in [1.54, 1.807) is 24.3 Å². The number of carbonyl (C=O) groups excluding carboxylic acids is 1. The topological polar surface area (TPSA) is 66.9 Å². The monoisotopic (exact) mass is 282 g/mol. The van der Waals surface area contributed by atoms with Gasteiger partial charge in [-0.15, -0.1) is 10.2 Å². The van der Waals surface area contributed by atoms with E-state index >= 15 is 0 Å². The third-order valence-corrected chi connectivity index (χ3v) is 3.42. The summed E-state index contributed by atoms with van der Waals surface area (Å²) in [7, 11) is 0. The van der Waals surface area contributed by atoms with E-state index in [2.05, 4.69) is 20.8 Å². The molecule has 0 aliphatic rings. The first-order valence-corrected chi connectivity index (χ1v) is 6.53. The number of para-hydroxylation sites is 1. The molecule has 2 N–H and O–H groups in total. The molecule has 1 heterocycles. The van der Waals surface area contributed by atoms with Gasteiger partial charge in [-0.25, -0.2) is 4.79 Å². The average molecular weight is 283 g/mol. The second kappa shape index (κ2) is 5.79. The molecule has 0 saturated heterocycles. The minimum Gasteiger partial charge on any atom is -0.306 e. The smallest absolute Gasteiger partial charge is 0.306 e. The van der Waals surface area contributed by atoms with Crippen LogP contribution in [0.1, 0.15) is 11.9 Å². The summed E-state index contributed by atoms with van der Waals surface area (Å²) in [4.78, 5) is 11.7. The maximum absolute atomic E-state index is 11.7. The largest absolute Gasteiger partial charge is 0.325 e. The Hall–Kier alpha value is -1.66. The molecule has 2 aromatic rings. The average Bonchev–Trinajstić information content (AvgIpc) is 2.80. The summed E-state index contributed by atoms with van der Waals surface area (Å²) in [5.74, 6) is 0. The van der Waals surface area contributed by atoms with Crippen LogP contribution in [0.3, 0.4) is 0 Å². The highest BCUT2D eigenvalue weighted by Gasteiger charge is 2.08. The van der Waals surface area contributed by atoms with Crippen LogP contribution in [0.25, 0.3) is 0 Å². The summed E-state index contributed by atoms with van der Waals surface area (Å²) in [5.41, 5.74) is 0.553. The van der Waals surface area contributed by atoms with Crippen molar-refractivity contribution in [2.24, 2.45) is 0 Å². The van der Waals surface area contributed by atoms with Gasteiger partial charge in [-0.1, -0.05) is 42.0 Å². The molecule has 0 saturated carbocycles. The van der Waals surface area contributed by atoms with Crippen molar-refractivity contribution >= 4 is 39.8 Å². The molecule has 94 valence electrons. The van der Waals surface area contributed by atoms with Gasteiger partial charge in [0.1, 0.15) is 5.01 Å². The second-order valence-corrected chi connectivity index (χ2v) is 4.88. The van der Waals surface area contributed by atoms with Crippen LogP contribution in [0, 0.1) is 0 Å². The number of nitrogens with one attached hydrogen (secondary N) is 2. The van der Waals surface area contributed by atoms with E-state index < -0.39 is 0 Å². The Kier molecular flexibility index (Phi) is 4.11. The Morgan fingerprint density at radius 3 is 2.78 bits per heavy atom. The number of halogens is 1. The lowest BCUT2D eigenvalue weighted by Crippen LogP contribution is -2.19. The molecule has 2 amide bonds. The Morgan fingerprint density at radius 1 is 1.33 bits per heavy atom. The van der Waals surface area contributed by atoms with Gasteiger partial charge in [0.2, 0.25) is 5.13 Å². The van der Waals surface area contributed by atoms with Crippen molar-refractivity contribution in [1.29, 1.82) is 0 Å². The highest BCUT2D eigenvalue weighted by molar-refractivity contribution is 7.15. The molecule has 0 atom stereocenters. The van der Waals surface area contributed by atoms with Crippen LogP contribution in [0.4, 0.5) is 15.6 Å². The Bertz CT molecular complexity index is 557. The van der Waals surface area contributed by atoms with E-state index in [0.717, 1.165) is 11.4 Å². The summed E-state index contributed by atoms with van der Waals surface area (Å²) in [6.07, 6.45) is 0.797. The summed E-state index contributed by atoms with van der Waals surface area (Å²) in [5, 5.41) is 14.9. The summed E-state index contributed by atoms with van der Waals surface area (Å²) < 4.78 is 0. The molecule has 0 bridgehead atoms. The number of aryl methyl sites for hydroxylation is 1. The van der Waals surface area contributed by atoms with Crippen molar-refractivity contribution in [2.75, 3.05) is 10.6 Å². The quantitative estimate of drug-likeness (QED) is 0.907. The summed E-state index contributed by atoms with van der Waals surface area (Å²) >= 11 is 7.28. The van der Waals surface area contributed by atoms with Gasteiger partial charge in [0.15, 0.2) is 0 Å². The van der Waals surface area contributed by atoms with Crippen LogP contribution in [-0.2, 0) is 6.42 Å². The van der Waals surface area contributed by atoms with E-state index in [-0.39, 0.29) is 6.03 Å². The van der Waals surface area contributed by atoms with Crippen LogP contribution in [0.5, 0.6) is 0 Å². The predicted octanol–water partition coefficient (Wildman–Crippen LogP) is 3.40. The van der Waals surface area contributed by atoms with Crippen molar-refractivity contribution in [1.82, 2.24) is 10.2 Å². The highest BCUT2D eigenvalue weighted by Crippen LogP contribution is 2.21. The normalized spacial score (nSPS) is 10.1. The number of nitrogens with zero attached hydrogens (tertiary/aromatic N) is 2. The van der Waals surface area contributed by atoms with Gasteiger partial charge in [0, 0.05) is 0 Å². The Morgan fingerprint density at radius 2 is 2.11 bits per heavy atom. The molecule has 0 aliphatic heterocycles. The summed E-state index contributed by atoms with van der Waals surface area (Å²) in [6.45, 7) is 1.98. The van der Waals surface area contributed by atoms with Gasteiger partial charge in [-0.2, -0.15) is 0 Å². The van der Waals surface area contributed by atoms with E-state index in [9.17, 15) is 4.79 Å². The fourth-order valence-corrected chi connectivity index (χ4v) is 2.12. The number of hydrogen-bond donors (Lipinski definition) is 2. The van der Waals surface area contributed by atoms with Crippen molar-refractivity contribution in [3.8, 4) is 0 Å². The maximum Gasteiger partial charge on any atom is 0.325 e. The number of carbonyl (C=O) groups is 1. The van der Waals surface area contributed by atoms with E-state index in [1.807, 2.05) is 6.92 Å². The molecular formula is C11H11ClN4OS. The molecule has 1 aromatic heterocycles. The van der Waals surface area contributed by atoms with Crippen molar-refractivity contribution in [3.05, 3.63) is 34.3 Å². The fraction of sp³-hybridized carbons (Fsp3) is 0.182. The minimum atomic E-state index is -0.387. The standard InChI is InChI=1S/C11H11ClN4OS/c1-2-9-15-16-11(18-9)14-10(17)13-8-6-4-3-5-7(8)12/h3-6H,2H2,1H3,(H2,13,14,16,17). The first-order chi connectivity index (χ1) is 8.69. The molecule has 0 fully saturated rings. The third-order valence-electron chi connectivity index (χ3n) is 2.11. The van der Waals surface area contributed by atoms with Crippen molar-refractivity contribution in [3.63, 3.8) is 0 Å². The van der Waals surface area contributed by atoms with E-state index in [0.29, 0.717) is 15.8 Å². The fourth-order valence-electron chi connectivity index (χ4n) is 1.26. The molecule has 0 unspecified atom stereocenters. The molecule has 0 spiro atoms. The van der Waals surface area contributed by atoms with Crippen LogP contribution in [0.15, 0.2) is 24.3 Å². The zero-order chi connectivity index (χ0) is 13.0. The highest BCUT2D eigenvalue weighted by atomic mass is 35.5. The molecule has 2 rings (SSSR count). The van der Waals surface area contributed by atoms with Crippen LogP contribution < -0.4 is 10.6 Å². The maximum atomic E-state index is 11.7. The number of hydrogen-bond acceptors (Lipinski definition) is 4. The number of rotatable bonds is 3. The predicted molar refractivity (Wildman–Crippen MR) is 73.4 cm³/mol. The number of benzene rings is 1. The molecule has 0 radical (unpaired) electrons. The first-order valence-electron chi connectivity index (χ1n) is 5.34. The number of aromatic nitrogens is 2. The van der Waals surface area contributed by atoms with Crippen molar-refractivity contribution < 1.29 is 4.79 Å². The van der Waals surface area contributed by atoms with E-state index in [1.165, 1.54) is 11.3 Å². The van der Waals surface area contributed by atoms with Crippen LogP contribution >= 0.6 is 22.9 Å². The Balaban J connectivity index is 1.99. The number of urea groups is 1. The lowest BCUT2D eigenvalue weighted by atomic mass is 10.3. The number of amides is 2. The molecule has 1 aromatic carbocycles. The molecule has 0 aliphatic carbocycles.